The molecule has 0 fully saturated rings. The van der Waals surface area contributed by atoms with Crippen LogP contribution in [-0.4, -0.2) is 49.5 Å². The first kappa shape index (κ1) is 30.3. The Hall–Kier alpha value is -3.24. The number of amides is 2. The minimum Gasteiger partial charge on any atom is -0.350 e. The zero-order chi connectivity index (χ0) is 28.8. The summed E-state index contributed by atoms with van der Waals surface area (Å²) in [6, 6.07) is 20.6. The van der Waals surface area contributed by atoms with Crippen molar-refractivity contribution in [3.8, 4) is 0 Å². The molecule has 208 valence electrons. The highest BCUT2D eigenvalue weighted by molar-refractivity contribution is 9.10. The van der Waals surface area contributed by atoms with E-state index < -0.39 is 39.9 Å². The second-order valence-electron chi connectivity index (χ2n) is 10.3. The number of carbonyl (C=O) groups is 2. The number of sulfonamides is 1. The molecule has 0 heterocycles. The fourth-order valence-corrected chi connectivity index (χ4v) is 5.36. The van der Waals surface area contributed by atoms with E-state index in [0.717, 1.165) is 38.3 Å². The summed E-state index contributed by atoms with van der Waals surface area (Å²) in [6.45, 7) is 5.06. The first-order chi connectivity index (χ1) is 18.2. The molecule has 0 aromatic heterocycles. The maximum absolute atomic E-state index is 14.0. The van der Waals surface area contributed by atoms with Crippen molar-refractivity contribution < 1.29 is 22.4 Å². The number of rotatable bonds is 10. The average Bonchev–Trinajstić information content (AvgIpc) is 2.84. The number of nitrogens with one attached hydrogen (secondary N) is 1. The third kappa shape index (κ3) is 9.18. The summed E-state index contributed by atoms with van der Waals surface area (Å²) < 4.78 is 40.8. The normalized spacial score (nSPS) is 12.5. The van der Waals surface area contributed by atoms with Gasteiger partial charge in [-0.3, -0.25) is 13.9 Å². The van der Waals surface area contributed by atoms with Crippen molar-refractivity contribution >= 4 is 43.5 Å². The van der Waals surface area contributed by atoms with Crippen LogP contribution in [-0.2, 0) is 32.6 Å². The number of nitrogens with zero attached hydrogens (tertiary/aromatic N) is 2. The van der Waals surface area contributed by atoms with E-state index in [1.807, 2.05) is 75.4 Å². The van der Waals surface area contributed by atoms with Crippen molar-refractivity contribution in [1.82, 2.24) is 10.2 Å². The van der Waals surface area contributed by atoms with Gasteiger partial charge in [0.05, 0.1) is 11.9 Å². The van der Waals surface area contributed by atoms with E-state index in [2.05, 4.69) is 21.2 Å². The van der Waals surface area contributed by atoms with Crippen LogP contribution in [0, 0.1) is 5.82 Å². The van der Waals surface area contributed by atoms with Gasteiger partial charge in [0.1, 0.15) is 18.4 Å². The van der Waals surface area contributed by atoms with Gasteiger partial charge in [-0.25, -0.2) is 12.8 Å². The van der Waals surface area contributed by atoms with E-state index in [1.165, 1.54) is 17.0 Å². The highest BCUT2D eigenvalue weighted by atomic mass is 79.9. The molecule has 3 aromatic carbocycles. The van der Waals surface area contributed by atoms with Crippen LogP contribution in [0.15, 0.2) is 83.3 Å². The van der Waals surface area contributed by atoms with Gasteiger partial charge in [-0.15, -0.1) is 0 Å². The summed E-state index contributed by atoms with van der Waals surface area (Å²) in [7, 11) is -3.92. The van der Waals surface area contributed by atoms with Crippen LogP contribution in [0.4, 0.5) is 10.1 Å². The van der Waals surface area contributed by atoms with Gasteiger partial charge < -0.3 is 10.2 Å². The molecule has 1 unspecified atom stereocenters. The molecule has 0 bridgehead atoms. The topological polar surface area (TPSA) is 86.8 Å². The van der Waals surface area contributed by atoms with Crippen LogP contribution in [0.2, 0.25) is 0 Å². The van der Waals surface area contributed by atoms with Crippen LogP contribution in [0.5, 0.6) is 0 Å². The monoisotopic (exact) mass is 617 g/mol. The molecule has 0 aliphatic rings. The van der Waals surface area contributed by atoms with Crippen LogP contribution in [0.1, 0.15) is 31.9 Å². The van der Waals surface area contributed by atoms with Gasteiger partial charge in [0.25, 0.3) is 0 Å². The third-order valence-corrected chi connectivity index (χ3v) is 7.44. The molecular weight excluding hydrogens is 585 g/mol. The van der Waals surface area contributed by atoms with Crippen molar-refractivity contribution in [3.05, 3.63) is 100 Å². The summed E-state index contributed by atoms with van der Waals surface area (Å²) in [5.74, 6) is -1.46. The molecule has 2 amide bonds. The maximum Gasteiger partial charge on any atom is 0.244 e. The zero-order valence-electron chi connectivity index (χ0n) is 22.4. The van der Waals surface area contributed by atoms with E-state index >= 15 is 0 Å². The lowest BCUT2D eigenvalue weighted by Crippen LogP contribution is -2.56. The maximum atomic E-state index is 14.0. The standard InChI is InChI=1S/C29H33BrFN3O4S/c1-29(2,3)32-28(36)26(18-21-9-6-5-7-10-21)33(19-22-11-8-12-23(30)17-22)27(35)20-34(39(4,37)38)25-15-13-24(31)14-16-25/h5-17,26H,18-20H2,1-4H3,(H,32,36). The Kier molecular flexibility index (Phi) is 9.90. The predicted octanol–water partition coefficient (Wildman–Crippen LogP) is 4.91. The summed E-state index contributed by atoms with van der Waals surface area (Å²) in [5, 5.41) is 2.98. The molecular formula is C29H33BrFN3O4S. The average molecular weight is 619 g/mol. The van der Waals surface area contributed by atoms with Gasteiger partial charge >= 0.3 is 0 Å². The Morgan fingerprint density at radius 3 is 2.13 bits per heavy atom. The van der Waals surface area contributed by atoms with Gasteiger partial charge in [0, 0.05) is 23.0 Å². The van der Waals surface area contributed by atoms with Gasteiger partial charge in [0.15, 0.2) is 0 Å². The summed E-state index contributed by atoms with van der Waals surface area (Å²) >= 11 is 3.45. The number of hydrogen-bond donors (Lipinski definition) is 1. The molecule has 3 aromatic rings. The van der Waals surface area contributed by atoms with Gasteiger partial charge in [-0.1, -0.05) is 58.4 Å². The molecule has 0 spiro atoms. The van der Waals surface area contributed by atoms with E-state index in [0.29, 0.717) is 0 Å². The summed E-state index contributed by atoms with van der Waals surface area (Å²) in [5.41, 5.74) is 1.18. The van der Waals surface area contributed by atoms with Crippen LogP contribution in [0.3, 0.4) is 0 Å². The van der Waals surface area contributed by atoms with Gasteiger partial charge in [-0.05, 0) is 68.3 Å². The van der Waals surface area contributed by atoms with Crippen LogP contribution in [0.25, 0.3) is 0 Å². The Morgan fingerprint density at radius 1 is 0.949 bits per heavy atom. The fourth-order valence-electron chi connectivity index (χ4n) is 4.06. The fraction of sp³-hybridized carbons (Fsp3) is 0.310. The first-order valence-corrected chi connectivity index (χ1v) is 15.0. The van der Waals surface area contributed by atoms with Crippen molar-refractivity contribution in [2.24, 2.45) is 0 Å². The number of halogens is 2. The predicted molar refractivity (Wildman–Crippen MR) is 155 cm³/mol. The van der Waals surface area contributed by atoms with E-state index in [1.54, 1.807) is 0 Å². The quantitative estimate of drug-likeness (QED) is 0.350. The second-order valence-corrected chi connectivity index (χ2v) is 13.2. The molecule has 0 radical (unpaired) electrons. The molecule has 0 aliphatic heterocycles. The SMILES string of the molecule is CC(C)(C)NC(=O)C(Cc1ccccc1)N(Cc1cccc(Br)c1)C(=O)CN(c1ccc(F)cc1)S(C)(=O)=O. The summed E-state index contributed by atoms with van der Waals surface area (Å²) in [6.07, 6.45) is 1.20. The molecule has 0 aliphatic carbocycles. The highest BCUT2D eigenvalue weighted by Crippen LogP contribution is 2.22. The summed E-state index contributed by atoms with van der Waals surface area (Å²) in [4.78, 5) is 29.1. The number of hydrogen-bond acceptors (Lipinski definition) is 4. The molecule has 10 heteroatoms. The van der Waals surface area contributed by atoms with Crippen molar-refractivity contribution in [2.75, 3.05) is 17.1 Å². The van der Waals surface area contributed by atoms with Crippen molar-refractivity contribution in [3.63, 3.8) is 0 Å². The minimum absolute atomic E-state index is 0.0638. The molecule has 1 N–H and O–H groups in total. The van der Waals surface area contributed by atoms with E-state index in [9.17, 15) is 22.4 Å². The van der Waals surface area contributed by atoms with Crippen molar-refractivity contribution in [2.45, 2.75) is 45.3 Å². The molecule has 0 saturated heterocycles. The highest BCUT2D eigenvalue weighted by Gasteiger charge is 2.34. The number of carbonyl (C=O) groups excluding carboxylic acids is 2. The van der Waals surface area contributed by atoms with E-state index in [-0.39, 0.29) is 24.6 Å². The van der Waals surface area contributed by atoms with Crippen LogP contribution >= 0.6 is 15.9 Å². The Balaban J connectivity index is 2.07. The lowest BCUT2D eigenvalue weighted by molar-refractivity contribution is -0.140. The lowest BCUT2D eigenvalue weighted by atomic mass is 10.0. The molecule has 3 rings (SSSR count). The smallest absolute Gasteiger partial charge is 0.244 e. The van der Waals surface area contributed by atoms with Crippen molar-refractivity contribution in [1.29, 1.82) is 0 Å². The Morgan fingerprint density at radius 2 is 1.56 bits per heavy atom. The largest absolute Gasteiger partial charge is 0.350 e. The molecule has 7 nitrogen and oxygen atoms in total. The molecule has 0 saturated carbocycles. The molecule has 1 atom stereocenters. The number of benzene rings is 3. The second kappa shape index (κ2) is 12.7. The third-order valence-electron chi connectivity index (χ3n) is 5.81. The van der Waals surface area contributed by atoms with Gasteiger partial charge in [-0.2, -0.15) is 0 Å². The first-order valence-electron chi connectivity index (χ1n) is 12.4. The lowest BCUT2D eigenvalue weighted by Gasteiger charge is -2.35. The van der Waals surface area contributed by atoms with E-state index in [4.69, 9.17) is 0 Å². The van der Waals surface area contributed by atoms with Crippen LogP contribution < -0.4 is 9.62 Å². The Bertz CT molecular complexity index is 1390. The Labute approximate surface area is 238 Å². The number of anilines is 1. The van der Waals surface area contributed by atoms with Gasteiger partial charge in [0.2, 0.25) is 21.8 Å². The molecule has 39 heavy (non-hydrogen) atoms. The minimum atomic E-state index is -3.92. The zero-order valence-corrected chi connectivity index (χ0v) is 24.8.